The van der Waals surface area contributed by atoms with E-state index in [9.17, 15) is 4.79 Å². The van der Waals surface area contributed by atoms with Gasteiger partial charge in [0.1, 0.15) is 5.78 Å². The summed E-state index contributed by atoms with van der Waals surface area (Å²) < 4.78 is 0. The first-order valence-corrected chi connectivity index (χ1v) is 7.05. The Morgan fingerprint density at radius 2 is 2.00 bits per heavy atom. The van der Waals surface area contributed by atoms with E-state index in [1.165, 1.54) is 38.9 Å². The SMILES string of the molecule is CN1CCC(CN(C)C2CCCC(=O)C2)CC1. The van der Waals surface area contributed by atoms with Crippen molar-refractivity contribution < 1.29 is 4.79 Å². The minimum Gasteiger partial charge on any atom is -0.306 e. The molecule has 0 bridgehead atoms. The number of nitrogens with zero attached hydrogens (tertiary/aromatic N) is 2. The van der Waals surface area contributed by atoms with Gasteiger partial charge in [-0.2, -0.15) is 0 Å². The van der Waals surface area contributed by atoms with Gasteiger partial charge in [0, 0.05) is 25.4 Å². The Kier molecular flexibility index (Phi) is 4.57. The molecule has 0 spiro atoms. The summed E-state index contributed by atoms with van der Waals surface area (Å²) in [6.45, 7) is 3.66. The van der Waals surface area contributed by atoms with Crippen molar-refractivity contribution in [1.29, 1.82) is 0 Å². The van der Waals surface area contributed by atoms with E-state index < -0.39 is 0 Å². The van der Waals surface area contributed by atoms with Crippen LogP contribution in [0, 0.1) is 5.92 Å². The number of rotatable bonds is 3. The molecule has 0 aromatic heterocycles. The van der Waals surface area contributed by atoms with Crippen LogP contribution < -0.4 is 0 Å². The van der Waals surface area contributed by atoms with E-state index in [1.807, 2.05) is 0 Å². The first-order chi connectivity index (χ1) is 8.15. The summed E-state index contributed by atoms with van der Waals surface area (Å²) in [6, 6.07) is 0.524. The van der Waals surface area contributed by atoms with Gasteiger partial charge in [-0.25, -0.2) is 0 Å². The van der Waals surface area contributed by atoms with E-state index >= 15 is 0 Å². The van der Waals surface area contributed by atoms with E-state index in [0.29, 0.717) is 11.8 Å². The molecule has 1 saturated heterocycles. The molecule has 2 fully saturated rings. The third-order valence-electron chi connectivity index (χ3n) is 4.46. The topological polar surface area (TPSA) is 23.6 Å². The van der Waals surface area contributed by atoms with Crippen LogP contribution in [0.15, 0.2) is 0 Å². The molecule has 2 aliphatic rings. The van der Waals surface area contributed by atoms with Gasteiger partial charge >= 0.3 is 0 Å². The second kappa shape index (κ2) is 5.96. The maximum absolute atomic E-state index is 11.5. The first-order valence-electron chi connectivity index (χ1n) is 7.05. The number of carbonyl (C=O) groups excluding carboxylic acids is 1. The monoisotopic (exact) mass is 238 g/mol. The summed E-state index contributed by atoms with van der Waals surface area (Å²) in [5.74, 6) is 1.31. The summed E-state index contributed by atoms with van der Waals surface area (Å²) in [6.07, 6.45) is 6.57. The Labute approximate surface area is 105 Å². The van der Waals surface area contributed by atoms with Crippen LogP contribution in [-0.2, 0) is 4.79 Å². The Balaban J connectivity index is 1.76. The number of ketones is 1. The summed E-state index contributed by atoms with van der Waals surface area (Å²) in [5, 5.41) is 0. The first kappa shape index (κ1) is 13.0. The molecule has 1 aliphatic heterocycles. The summed E-state index contributed by atoms with van der Waals surface area (Å²) in [4.78, 5) is 16.3. The maximum atomic E-state index is 11.5. The van der Waals surface area contributed by atoms with Crippen molar-refractivity contribution >= 4 is 5.78 Å². The third-order valence-corrected chi connectivity index (χ3v) is 4.46. The van der Waals surface area contributed by atoms with Crippen molar-refractivity contribution in [3.63, 3.8) is 0 Å². The Hall–Kier alpha value is -0.410. The van der Waals surface area contributed by atoms with Crippen molar-refractivity contribution in [3.05, 3.63) is 0 Å². The molecule has 2 rings (SSSR count). The Bertz CT molecular complexity index is 259. The van der Waals surface area contributed by atoms with Gasteiger partial charge in [0.05, 0.1) is 0 Å². The molecule has 1 saturated carbocycles. The molecule has 1 aliphatic carbocycles. The maximum Gasteiger partial charge on any atom is 0.134 e. The minimum absolute atomic E-state index is 0.469. The minimum atomic E-state index is 0.469. The molecule has 3 heteroatoms. The van der Waals surface area contributed by atoms with Crippen LogP contribution in [0.2, 0.25) is 0 Å². The molecule has 0 aromatic rings. The molecule has 17 heavy (non-hydrogen) atoms. The molecule has 0 aromatic carbocycles. The van der Waals surface area contributed by atoms with Gasteiger partial charge in [-0.3, -0.25) is 4.79 Å². The van der Waals surface area contributed by atoms with Crippen LogP contribution in [0.4, 0.5) is 0 Å². The molecule has 0 N–H and O–H groups in total. The van der Waals surface area contributed by atoms with Gasteiger partial charge in [0.15, 0.2) is 0 Å². The van der Waals surface area contributed by atoms with Gasteiger partial charge < -0.3 is 9.80 Å². The molecular formula is C14H26N2O. The second-order valence-electron chi connectivity index (χ2n) is 5.98. The quantitative estimate of drug-likeness (QED) is 0.748. The van der Waals surface area contributed by atoms with Gasteiger partial charge in [-0.05, 0) is 58.8 Å². The summed E-state index contributed by atoms with van der Waals surface area (Å²) in [7, 11) is 4.42. The van der Waals surface area contributed by atoms with Crippen LogP contribution >= 0.6 is 0 Å². The number of carbonyl (C=O) groups is 1. The summed E-state index contributed by atoms with van der Waals surface area (Å²) in [5.41, 5.74) is 0. The molecule has 0 amide bonds. The summed E-state index contributed by atoms with van der Waals surface area (Å²) >= 11 is 0. The molecular weight excluding hydrogens is 212 g/mol. The largest absolute Gasteiger partial charge is 0.306 e. The van der Waals surface area contributed by atoms with Crippen molar-refractivity contribution in [3.8, 4) is 0 Å². The zero-order valence-corrected chi connectivity index (χ0v) is 11.3. The lowest BCUT2D eigenvalue weighted by Gasteiger charge is -2.36. The molecule has 0 radical (unpaired) electrons. The van der Waals surface area contributed by atoms with Crippen LogP contribution in [0.3, 0.4) is 0 Å². The third kappa shape index (κ3) is 3.78. The molecule has 1 atom stereocenters. The van der Waals surface area contributed by atoms with Gasteiger partial charge in [0.2, 0.25) is 0 Å². The van der Waals surface area contributed by atoms with E-state index in [0.717, 1.165) is 25.2 Å². The van der Waals surface area contributed by atoms with Crippen LogP contribution in [0.5, 0.6) is 0 Å². The van der Waals surface area contributed by atoms with Crippen LogP contribution in [0.1, 0.15) is 38.5 Å². The number of piperidine rings is 1. The number of Topliss-reactive ketones (excluding diaryl/α,β-unsaturated/α-hetero) is 1. The molecule has 1 heterocycles. The molecule has 1 unspecified atom stereocenters. The number of hydrogen-bond donors (Lipinski definition) is 0. The highest BCUT2D eigenvalue weighted by Crippen LogP contribution is 2.23. The van der Waals surface area contributed by atoms with E-state index in [2.05, 4.69) is 23.9 Å². The average Bonchev–Trinajstić information content (AvgIpc) is 2.32. The van der Waals surface area contributed by atoms with Gasteiger partial charge in [0.25, 0.3) is 0 Å². The average molecular weight is 238 g/mol. The molecule has 98 valence electrons. The fraction of sp³-hybridized carbons (Fsp3) is 0.929. The Morgan fingerprint density at radius 1 is 1.29 bits per heavy atom. The lowest BCUT2D eigenvalue weighted by molar-refractivity contribution is -0.121. The zero-order valence-electron chi connectivity index (χ0n) is 11.3. The lowest BCUT2D eigenvalue weighted by atomic mass is 9.91. The van der Waals surface area contributed by atoms with Crippen molar-refractivity contribution in [1.82, 2.24) is 9.80 Å². The van der Waals surface area contributed by atoms with E-state index in [4.69, 9.17) is 0 Å². The number of likely N-dealkylation sites (tertiary alicyclic amines) is 1. The van der Waals surface area contributed by atoms with E-state index in [1.54, 1.807) is 0 Å². The van der Waals surface area contributed by atoms with Crippen molar-refractivity contribution in [2.45, 2.75) is 44.6 Å². The highest BCUT2D eigenvalue weighted by atomic mass is 16.1. The standard InChI is InChI=1S/C14H26N2O/c1-15-8-6-12(7-9-15)11-16(2)13-4-3-5-14(17)10-13/h12-13H,3-11H2,1-2H3. The second-order valence-corrected chi connectivity index (χ2v) is 5.98. The van der Waals surface area contributed by atoms with Crippen LogP contribution in [0.25, 0.3) is 0 Å². The highest BCUT2D eigenvalue weighted by Gasteiger charge is 2.25. The van der Waals surface area contributed by atoms with Crippen LogP contribution in [-0.4, -0.2) is 55.4 Å². The zero-order chi connectivity index (χ0) is 12.3. The van der Waals surface area contributed by atoms with Gasteiger partial charge in [-0.1, -0.05) is 0 Å². The normalized spacial score (nSPS) is 28.9. The highest BCUT2D eigenvalue weighted by molar-refractivity contribution is 5.79. The van der Waals surface area contributed by atoms with Gasteiger partial charge in [-0.15, -0.1) is 0 Å². The smallest absolute Gasteiger partial charge is 0.134 e. The van der Waals surface area contributed by atoms with E-state index in [-0.39, 0.29) is 0 Å². The lowest BCUT2D eigenvalue weighted by Crippen LogP contribution is -2.41. The fourth-order valence-electron chi connectivity index (χ4n) is 3.18. The number of hydrogen-bond acceptors (Lipinski definition) is 3. The predicted octanol–water partition coefficient (Wildman–Crippen LogP) is 1.77. The molecule has 3 nitrogen and oxygen atoms in total. The fourth-order valence-corrected chi connectivity index (χ4v) is 3.18. The predicted molar refractivity (Wildman–Crippen MR) is 70.1 cm³/mol. The Morgan fingerprint density at radius 3 is 2.65 bits per heavy atom. The van der Waals surface area contributed by atoms with Crippen molar-refractivity contribution in [2.75, 3.05) is 33.7 Å². The van der Waals surface area contributed by atoms with Crippen molar-refractivity contribution in [2.24, 2.45) is 5.92 Å².